The van der Waals surface area contributed by atoms with Gasteiger partial charge in [0.25, 0.3) is 5.91 Å². The van der Waals surface area contributed by atoms with Crippen LogP contribution in [0.15, 0.2) is 18.2 Å². The summed E-state index contributed by atoms with van der Waals surface area (Å²) < 4.78 is 13.4. The quantitative estimate of drug-likeness (QED) is 0.796. The van der Waals surface area contributed by atoms with Crippen LogP contribution in [0.1, 0.15) is 29.8 Å². The number of amides is 2. The minimum Gasteiger partial charge on any atom is -0.354 e. The van der Waals surface area contributed by atoms with Gasteiger partial charge in [0, 0.05) is 19.0 Å². The molecule has 0 saturated carbocycles. The van der Waals surface area contributed by atoms with Gasteiger partial charge in [-0.25, -0.2) is 4.39 Å². The van der Waals surface area contributed by atoms with Crippen LogP contribution in [0, 0.1) is 18.7 Å². The van der Waals surface area contributed by atoms with Crippen molar-refractivity contribution >= 4 is 11.8 Å². The van der Waals surface area contributed by atoms with E-state index in [2.05, 4.69) is 10.6 Å². The molecule has 0 radical (unpaired) electrons. The zero-order valence-electron chi connectivity index (χ0n) is 11.4. The lowest BCUT2D eigenvalue weighted by Crippen LogP contribution is -2.36. The first-order valence-corrected chi connectivity index (χ1v) is 6.24. The molecule has 0 unspecified atom stereocenters. The molecule has 1 aromatic carbocycles. The molecule has 0 aromatic heterocycles. The van der Waals surface area contributed by atoms with Gasteiger partial charge >= 0.3 is 0 Å². The molecule has 0 saturated heterocycles. The van der Waals surface area contributed by atoms with E-state index in [0.29, 0.717) is 6.54 Å². The van der Waals surface area contributed by atoms with Crippen molar-refractivity contribution in [1.29, 1.82) is 0 Å². The van der Waals surface area contributed by atoms with Crippen molar-refractivity contribution in [3.63, 3.8) is 0 Å². The topological polar surface area (TPSA) is 58.2 Å². The Morgan fingerprint density at radius 2 is 1.84 bits per heavy atom. The van der Waals surface area contributed by atoms with Crippen LogP contribution in [-0.4, -0.2) is 24.9 Å². The van der Waals surface area contributed by atoms with E-state index in [4.69, 9.17) is 0 Å². The van der Waals surface area contributed by atoms with Crippen LogP contribution < -0.4 is 10.6 Å². The van der Waals surface area contributed by atoms with E-state index in [1.165, 1.54) is 12.1 Å². The van der Waals surface area contributed by atoms with Crippen LogP contribution in [0.2, 0.25) is 0 Å². The summed E-state index contributed by atoms with van der Waals surface area (Å²) in [6.07, 6.45) is 0. The maximum Gasteiger partial charge on any atom is 0.254 e. The second-order valence-corrected chi connectivity index (χ2v) is 4.68. The fourth-order valence-corrected chi connectivity index (χ4v) is 1.47. The van der Waals surface area contributed by atoms with E-state index in [1.54, 1.807) is 26.8 Å². The summed E-state index contributed by atoms with van der Waals surface area (Å²) >= 11 is 0. The maximum atomic E-state index is 13.4. The monoisotopic (exact) mass is 266 g/mol. The maximum absolute atomic E-state index is 13.4. The van der Waals surface area contributed by atoms with Crippen LogP contribution in [0.25, 0.3) is 0 Å². The third kappa shape index (κ3) is 4.69. The van der Waals surface area contributed by atoms with Gasteiger partial charge in [-0.15, -0.1) is 0 Å². The van der Waals surface area contributed by atoms with Crippen molar-refractivity contribution in [3.05, 3.63) is 35.1 Å². The van der Waals surface area contributed by atoms with Crippen molar-refractivity contribution < 1.29 is 14.0 Å². The summed E-state index contributed by atoms with van der Waals surface area (Å²) in [5.41, 5.74) is 0.842. The van der Waals surface area contributed by atoms with E-state index in [0.717, 1.165) is 5.56 Å². The van der Waals surface area contributed by atoms with Gasteiger partial charge in [0.15, 0.2) is 0 Å². The summed E-state index contributed by atoms with van der Waals surface area (Å²) in [4.78, 5) is 23.0. The van der Waals surface area contributed by atoms with Crippen LogP contribution in [0.5, 0.6) is 0 Å². The minimum absolute atomic E-state index is 0.0233. The molecule has 0 aliphatic rings. The molecule has 1 rings (SSSR count). The van der Waals surface area contributed by atoms with E-state index < -0.39 is 11.7 Å². The number of benzene rings is 1. The molecule has 104 valence electrons. The number of hydrogen-bond acceptors (Lipinski definition) is 2. The molecule has 2 N–H and O–H groups in total. The second kappa shape index (κ2) is 6.87. The second-order valence-electron chi connectivity index (χ2n) is 4.68. The molecule has 2 amide bonds. The van der Waals surface area contributed by atoms with Crippen molar-refractivity contribution in [1.82, 2.24) is 10.6 Å². The van der Waals surface area contributed by atoms with Crippen molar-refractivity contribution in [2.45, 2.75) is 20.8 Å². The smallest absolute Gasteiger partial charge is 0.254 e. The Morgan fingerprint density at radius 3 is 2.47 bits per heavy atom. The van der Waals surface area contributed by atoms with E-state index in [9.17, 15) is 14.0 Å². The normalized spacial score (nSPS) is 10.4. The summed E-state index contributed by atoms with van der Waals surface area (Å²) in [5.74, 6) is -1.18. The first-order valence-electron chi connectivity index (χ1n) is 6.24. The highest BCUT2D eigenvalue weighted by Crippen LogP contribution is 2.09. The number of aryl methyl sites for hydroxylation is 1. The zero-order chi connectivity index (χ0) is 14.4. The Kier molecular flexibility index (Phi) is 5.48. The molecule has 0 fully saturated rings. The average Bonchev–Trinajstić information content (AvgIpc) is 2.36. The van der Waals surface area contributed by atoms with Gasteiger partial charge in [-0.05, 0) is 19.1 Å². The fraction of sp³-hybridized carbons (Fsp3) is 0.429. The van der Waals surface area contributed by atoms with Gasteiger partial charge in [-0.2, -0.15) is 0 Å². The Bertz CT molecular complexity index is 473. The number of carbonyl (C=O) groups excluding carboxylic acids is 2. The molecule has 0 aliphatic heterocycles. The Balaban J connectivity index is 2.44. The predicted octanol–water partition coefficient (Wildman–Crippen LogP) is 1.64. The van der Waals surface area contributed by atoms with Gasteiger partial charge in [0.05, 0.1) is 5.56 Å². The lowest BCUT2D eigenvalue weighted by Gasteiger charge is -2.09. The third-order valence-electron chi connectivity index (χ3n) is 2.60. The highest BCUT2D eigenvalue weighted by atomic mass is 19.1. The molecule has 1 aromatic rings. The SMILES string of the molecule is Cc1ccc(F)c(C(=O)NCCNC(=O)C(C)C)c1. The Morgan fingerprint density at radius 1 is 1.21 bits per heavy atom. The predicted molar refractivity (Wildman–Crippen MR) is 71.3 cm³/mol. The lowest BCUT2D eigenvalue weighted by molar-refractivity contribution is -0.123. The standard InChI is InChI=1S/C14H19FN2O2/c1-9(2)13(18)16-6-7-17-14(19)11-8-10(3)4-5-12(11)15/h4-5,8-9H,6-7H2,1-3H3,(H,16,18)(H,17,19). The number of halogens is 1. The lowest BCUT2D eigenvalue weighted by atomic mass is 10.1. The molecule has 0 aliphatic carbocycles. The first kappa shape index (κ1) is 15.1. The van der Waals surface area contributed by atoms with E-state index >= 15 is 0 Å². The highest BCUT2D eigenvalue weighted by molar-refractivity contribution is 5.94. The molecule has 19 heavy (non-hydrogen) atoms. The zero-order valence-corrected chi connectivity index (χ0v) is 11.4. The van der Waals surface area contributed by atoms with Gasteiger partial charge in [0.1, 0.15) is 5.82 Å². The van der Waals surface area contributed by atoms with Gasteiger partial charge in [-0.3, -0.25) is 9.59 Å². The molecule has 0 spiro atoms. The highest BCUT2D eigenvalue weighted by Gasteiger charge is 2.11. The average molecular weight is 266 g/mol. The van der Waals surface area contributed by atoms with Crippen molar-refractivity contribution in [2.24, 2.45) is 5.92 Å². The number of rotatable bonds is 5. The minimum atomic E-state index is -0.547. The van der Waals surface area contributed by atoms with E-state index in [-0.39, 0.29) is 23.9 Å². The van der Waals surface area contributed by atoms with Crippen molar-refractivity contribution in [3.8, 4) is 0 Å². The van der Waals surface area contributed by atoms with Gasteiger partial charge in [0.2, 0.25) is 5.91 Å². The molecular weight excluding hydrogens is 247 g/mol. The molecule has 0 atom stereocenters. The molecule has 4 nitrogen and oxygen atoms in total. The molecular formula is C14H19FN2O2. The van der Waals surface area contributed by atoms with Gasteiger partial charge < -0.3 is 10.6 Å². The van der Waals surface area contributed by atoms with Crippen LogP contribution in [0.4, 0.5) is 4.39 Å². The summed E-state index contributed by atoms with van der Waals surface area (Å²) in [6.45, 7) is 5.96. The first-order chi connectivity index (χ1) is 8.91. The largest absolute Gasteiger partial charge is 0.354 e. The molecule has 5 heteroatoms. The van der Waals surface area contributed by atoms with Crippen LogP contribution in [-0.2, 0) is 4.79 Å². The Labute approximate surface area is 112 Å². The van der Waals surface area contributed by atoms with E-state index in [1.807, 2.05) is 0 Å². The molecule has 0 heterocycles. The van der Waals surface area contributed by atoms with Crippen molar-refractivity contribution in [2.75, 3.05) is 13.1 Å². The molecule has 0 bridgehead atoms. The van der Waals surface area contributed by atoms with Gasteiger partial charge in [-0.1, -0.05) is 25.5 Å². The number of hydrogen-bond donors (Lipinski definition) is 2. The van der Waals surface area contributed by atoms with Crippen LogP contribution >= 0.6 is 0 Å². The summed E-state index contributed by atoms with van der Waals surface area (Å²) in [5, 5.41) is 5.24. The summed E-state index contributed by atoms with van der Waals surface area (Å²) in [6, 6.07) is 4.37. The number of carbonyl (C=O) groups is 2. The third-order valence-corrected chi connectivity index (χ3v) is 2.60. The number of nitrogens with one attached hydrogen (secondary N) is 2. The van der Waals surface area contributed by atoms with Crippen LogP contribution in [0.3, 0.4) is 0 Å². The summed E-state index contributed by atoms with van der Waals surface area (Å²) in [7, 11) is 0. The Hall–Kier alpha value is -1.91. The fourth-order valence-electron chi connectivity index (χ4n) is 1.47.